The Morgan fingerprint density at radius 2 is 2.00 bits per heavy atom. The van der Waals surface area contributed by atoms with E-state index in [9.17, 15) is 13.2 Å². The van der Waals surface area contributed by atoms with Crippen molar-refractivity contribution in [1.29, 1.82) is 0 Å². The van der Waals surface area contributed by atoms with E-state index in [1.165, 1.54) is 6.07 Å². The standard InChI is InChI=1S/C16H23F3N2/c1-4-20-11-12-6-7-14(13(10-12)16(17,18)19)21-9-5-8-15(21,2)3/h6-7,10,20H,4-5,8-9,11H2,1-3H3. The molecule has 0 aliphatic carbocycles. The molecule has 1 aromatic rings. The quantitative estimate of drug-likeness (QED) is 0.897. The van der Waals surface area contributed by atoms with Crippen molar-refractivity contribution in [3.8, 4) is 0 Å². The summed E-state index contributed by atoms with van der Waals surface area (Å²) in [6.07, 6.45) is -2.47. The van der Waals surface area contributed by atoms with Crippen molar-refractivity contribution in [3.05, 3.63) is 29.3 Å². The number of anilines is 1. The van der Waals surface area contributed by atoms with Gasteiger partial charge in [-0.2, -0.15) is 13.2 Å². The zero-order valence-corrected chi connectivity index (χ0v) is 12.8. The maximum atomic E-state index is 13.4. The summed E-state index contributed by atoms with van der Waals surface area (Å²) in [5, 5.41) is 3.07. The van der Waals surface area contributed by atoms with Gasteiger partial charge in [0.25, 0.3) is 0 Å². The van der Waals surface area contributed by atoms with E-state index in [1.807, 2.05) is 25.7 Å². The lowest BCUT2D eigenvalue weighted by Crippen LogP contribution is -2.39. The number of nitrogens with zero attached hydrogens (tertiary/aromatic N) is 1. The molecule has 5 heteroatoms. The third kappa shape index (κ3) is 3.51. The van der Waals surface area contributed by atoms with Crippen LogP contribution < -0.4 is 10.2 Å². The second-order valence-corrected chi connectivity index (χ2v) is 6.20. The molecule has 0 bridgehead atoms. The van der Waals surface area contributed by atoms with E-state index in [4.69, 9.17) is 0 Å². The summed E-state index contributed by atoms with van der Waals surface area (Å²) in [5.74, 6) is 0. The predicted molar refractivity (Wildman–Crippen MR) is 79.5 cm³/mol. The van der Waals surface area contributed by atoms with Gasteiger partial charge in [-0.05, 0) is 50.9 Å². The van der Waals surface area contributed by atoms with Crippen molar-refractivity contribution < 1.29 is 13.2 Å². The Labute approximate surface area is 124 Å². The Morgan fingerprint density at radius 3 is 2.52 bits per heavy atom. The van der Waals surface area contributed by atoms with Crippen LogP contribution in [0.5, 0.6) is 0 Å². The third-order valence-electron chi connectivity index (χ3n) is 4.14. The Kier molecular flexibility index (Phi) is 4.51. The van der Waals surface area contributed by atoms with E-state index in [0.717, 1.165) is 19.4 Å². The summed E-state index contributed by atoms with van der Waals surface area (Å²) in [7, 11) is 0. The number of rotatable bonds is 4. The number of halogens is 3. The first-order chi connectivity index (χ1) is 9.75. The summed E-state index contributed by atoms with van der Waals surface area (Å²) in [6, 6.07) is 4.70. The van der Waals surface area contributed by atoms with E-state index in [-0.39, 0.29) is 5.54 Å². The van der Waals surface area contributed by atoms with Gasteiger partial charge in [-0.15, -0.1) is 0 Å². The lowest BCUT2D eigenvalue weighted by molar-refractivity contribution is -0.137. The van der Waals surface area contributed by atoms with Gasteiger partial charge in [0.2, 0.25) is 0 Å². The molecule has 2 rings (SSSR count). The van der Waals surface area contributed by atoms with Crippen LogP contribution in [0.4, 0.5) is 18.9 Å². The fraction of sp³-hybridized carbons (Fsp3) is 0.625. The number of hydrogen-bond donors (Lipinski definition) is 1. The molecule has 118 valence electrons. The van der Waals surface area contributed by atoms with Gasteiger partial charge in [-0.25, -0.2) is 0 Å². The SMILES string of the molecule is CCNCc1ccc(N2CCCC2(C)C)c(C(F)(F)F)c1. The first-order valence-electron chi connectivity index (χ1n) is 7.44. The minimum atomic E-state index is -4.32. The molecule has 1 heterocycles. The third-order valence-corrected chi connectivity index (χ3v) is 4.14. The summed E-state index contributed by atoms with van der Waals surface area (Å²) in [4.78, 5) is 1.90. The monoisotopic (exact) mass is 300 g/mol. The number of nitrogens with one attached hydrogen (secondary N) is 1. The van der Waals surface area contributed by atoms with Gasteiger partial charge in [0.1, 0.15) is 0 Å². The van der Waals surface area contributed by atoms with Crippen molar-refractivity contribution in [2.75, 3.05) is 18.0 Å². The van der Waals surface area contributed by atoms with Gasteiger partial charge in [0.05, 0.1) is 5.56 Å². The van der Waals surface area contributed by atoms with E-state index in [2.05, 4.69) is 5.32 Å². The van der Waals surface area contributed by atoms with Gasteiger partial charge in [-0.3, -0.25) is 0 Å². The first-order valence-corrected chi connectivity index (χ1v) is 7.44. The lowest BCUT2D eigenvalue weighted by atomic mass is 9.99. The highest BCUT2D eigenvalue weighted by Crippen LogP contribution is 2.42. The summed E-state index contributed by atoms with van der Waals surface area (Å²) in [5.41, 5.74) is 0.242. The normalized spacial score (nSPS) is 18.3. The Hall–Kier alpha value is -1.23. The maximum absolute atomic E-state index is 13.4. The highest BCUT2D eigenvalue weighted by Gasteiger charge is 2.39. The molecule has 1 N–H and O–H groups in total. The molecule has 1 saturated heterocycles. The van der Waals surface area contributed by atoms with Crippen LogP contribution in [0.3, 0.4) is 0 Å². The second-order valence-electron chi connectivity index (χ2n) is 6.20. The smallest absolute Gasteiger partial charge is 0.366 e. The molecular formula is C16H23F3N2. The van der Waals surface area contributed by atoms with Crippen molar-refractivity contribution in [3.63, 3.8) is 0 Å². The fourth-order valence-corrected chi connectivity index (χ4v) is 2.98. The molecule has 1 aliphatic rings. The van der Waals surface area contributed by atoms with Gasteiger partial charge in [0.15, 0.2) is 0 Å². The Balaban J connectivity index is 2.41. The average Bonchev–Trinajstić information content (AvgIpc) is 2.74. The molecule has 1 fully saturated rings. The van der Waals surface area contributed by atoms with E-state index in [0.29, 0.717) is 24.3 Å². The van der Waals surface area contributed by atoms with Crippen LogP contribution in [-0.4, -0.2) is 18.6 Å². The van der Waals surface area contributed by atoms with Crippen molar-refractivity contribution in [2.45, 2.75) is 51.9 Å². The molecule has 0 saturated carbocycles. The summed E-state index contributed by atoms with van der Waals surface area (Å²) >= 11 is 0. The summed E-state index contributed by atoms with van der Waals surface area (Å²) in [6.45, 7) is 7.83. The van der Waals surface area contributed by atoms with E-state index < -0.39 is 11.7 Å². The maximum Gasteiger partial charge on any atom is 0.418 e. The summed E-state index contributed by atoms with van der Waals surface area (Å²) < 4.78 is 40.2. The molecule has 0 spiro atoms. The molecule has 2 nitrogen and oxygen atoms in total. The lowest BCUT2D eigenvalue weighted by Gasteiger charge is -2.35. The van der Waals surface area contributed by atoms with Gasteiger partial charge < -0.3 is 10.2 Å². The Morgan fingerprint density at radius 1 is 1.29 bits per heavy atom. The topological polar surface area (TPSA) is 15.3 Å². The number of alkyl halides is 3. The van der Waals surface area contributed by atoms with Crippen LogP contribution in [0, 0.1) is 0 Å². The molecule has 0 atom stereocenters. The van der Waals surface area contributed by atoms with Crippen LogP contribution in [0.25, 0.3) is 0 Å². The minimum absolute atomic E-state index is 0.219. The highest BCUT2D eigenvalue weighted by molar-refractivity contribution is 5.59. The molecule has 0 unspecified atom stereocenters. The van der Waals surface area contributed by atoms with Gasteiger partial charge in [-0.1, -0.05) is 13.0 Å². The van der Waals surface area contributed by atoms with E-state index >= 15 is 0 Å². The molecular weight excluding hydrogens is 277 g/mol. The number of benzene rings is 1. The van der Waals surface area contributed by atoms with Gasteiger partial charge >= 0.3 is 6.18 Å². The number of hydrogen-bond acceptors (Lipinski definition) is 2. The molecule has 0 amide bonds. The second kappa shape index (κ2) is 5.87. The van der Waals surface area contributed by atoms with Gasteiger partial charge in [0, 0.05) is 24.3 Å². The molecule has 1 aliphatic heterocycles. The fourth-order valence-electron chi connectivity index (χ4n) is 2.98. The van der Waals surface area contributed by atoms with Crippen LogP contribution in [0.1, 0.15) is 44.7 Å². The minimum Gasteiger partial charge on any atom is -0.366 e. The Bertz CT molecular complexity index is 495. The van der Waals surface area contributed by atoms with Crippen LogP contribution in [0.15, 0.2) is 18.2 Å². The largest absolute Gasteiger partial charge is 0.418 e. The van der Waals surface area contributed by atoms with Crippen molar-refractivity contribution >= 4 is 5.69 Å². The zero-order chi connectivity index (χ0) is 15.7. The molecule has 21 heavy (non-hydrogen) atoms. The molecule has 0 radical (unpaired) electrons. The average molecular weight is 300 g/mol. The van der Waals surface area contributed by atoms with Crippen molar-refractivity contribution in [1.82, 2.24) is 5.32 Å². The van der Waals surface area contributed by atoms with E-state index in [1.54, 1.807) is 12.1 Å². The molecule has 1 aromatic carbocycles. The van der Waals surface area contributed by atoms with Crippen molar-refractivity contribution in [2.24, 2.45) is 0 Å². The van der Waals surface area contributed by atoms with Crippen LogP contribution in [-0.2, 0) is 12.7 Å². The van der Waals surface area contributed by atoms with Crippen LogP contribution >= 0.6 is 0 Å². The van der Waals surface area contributed by atoms with Crippen LogP contribution in [0.2, 0.25) is 0 Å². The highest BCUT2D eigenvalue weighted by atomic mass is 19.4. The predicted octanol–water partition coefficient (Wildman–Crippen LogP) is 4.19. The molecule has 0 aromatic heterocycles. The first kappa shape index (κ1) is 16.1. The zero-order valence-electron chi connectivity index (χ0n) is 12.8.